The van der Waals surface area contributed by atoms with Gasteiger partial charge in [0.1, 0.15) is 18.3 Å². The molecule has 0 bridgehead atoms. The zero-order chi connectivity index (χ0) is 16.6. The van der Waals surface area contributed by atoms with Crippen molar-refractivity contribution in [1.82, 2.24) is 0 Å². The summed E-state index contributed by atoms with van der Waals surface area (Å²) in [6.07, 6.45) is 0.525. The number of hydrogen-bond donors (Lipinski definition) is 0. The number of epoxide rings is 1. The highest BCUT2D eigenvalue weighted by molar-refractivity contribution is 7.86. The molecular formula is C16H18O6S. The Hall–Kier alpha value is -1.70. The zero-order valence-electron chi connectivity index (χ0n) is 12.9. The number of aryl methyl sites for hydroxylation is 1. The molecule has 1 heterocycles. The number of rotatable bonds is 5. The minimum Gasteiger partial charge on any atom is -0.463 e. The first kappa shape index (κ1) is 16.2. The maximum Gasteiger partial charge on any atom is 0.333 e. The van der Waals surface area contributed by atoms with Crippen molar-refractivity contribution in [2.45, 2.75) is 43.5 Å². The van der Waals surface area contributed by atoms with E-state index in [0.717, 1.165) is 5.56 Å². The van der Waals surface area contributed by atoms with Crippen LogP contribution in [0.5, 0.6) is 0 Å². The van der Waals surface area contributed by atoms with Gasteiger partial charge in [0, 0.05) is 12.0 Å². The lowest BCUT2D eigenvalue weighted by Crippen LogP contribution is -2.30. The standard InChI is InChI=1S/C16H18O6S/c1-3-20-16(17)11-8-13-15(21-13)14(9-11)22-23(18,19)12-6-4-10(2)5-7-12/h4-8,13-15H,3,9H2,1-2H3. The Bertz CT molecular complexity index is 734. The van der Waals surface area contributed by atoms with Gasteiger partial charge in [-0.25, -0.2) is 4.79 Å². The molecular weight excluding hydrogens is 320 g/mol. The third-order valence-electron chi connectivity index (χ3n) is 3.81. The van der Waals surface area contributed by atoms with Gasteiger partial charge in [-0.05, 0) is 32.1 Å². The van der Waals surface area contributed by atoms with E-state index in [-0.39, 0.29) is 30.1 Å². The highest BCUT2D eigenvalue weighted by Gasteiger charge is 2.50. The molecule has 0 saturated carbocycles. The van der Waals surface area contributed by atoms with Gasteiger partial charge in [-0.2, -0.15) is 8.42 Å². The lowest BCUT2D eigenvalue weighted by Gasteiger charge is -2.19. The van der Waals surface area contributed by atoms with Gasteiger partial charge in [-0.1, -0.05) is 17.7 Å². The van der Waals surface area contributed by atoms with E-state index in [1.807, 2.05) is 6.92 Å². The molecule has 1 aliphatic heterocycles. The SMILES string of the molecule is CCOC(=O)C1=CC2OC2C(OS(=O)(=O)c2ccc(C)cc2)C1. The smallest absolute Gasteiger partial charge is 0.333 e. The second kappa shape index (κ2) is 6.07. The van der Waals surface area contributed by atoms with Crippen LogP contribution in [-0.2, 0) is 28.6 Å². The van der Waals surface area contributed by atoms with Crippen LogP contribution in [0.4, 0.5) is 0 Å². The Morgan fingerprint density at radius 3 is 2.65 bits per heavy atom. The molecule has 3 unspecified atom stereocenters. The van der Waals surface area contributed by atoms with Gasteiger partial charge in [0.2, 0.25) is 0 Å². The van der Waals surface area contributed by atoms with Gasteiger partial charge in [-0.15, -0.1) is 0 Å². The molecule has 0 aromatic heterocycles. The summed E-state index contributed by atoms with van der Waals surface area (Å²) < 4.78 is 40.4. The summed E-state index contributed by atoms with van der Waals surface area (Å²) in [6.45, 7) is 3.85. The normalized spacial score (nSPS) is 26.2. The fourth-order valence-corrected chi connectivity index (χ4v) is 3.64. The molecule has 0 spiro atoms. The molecule has 2 aliphatic rings. The predicted molar refractivity (Wildman–Crippen MR) is 81.2 cm³/mol. The van der Waals surface area contributed by atoms with Crippen molar-refractivity contribution in [1.29, 1.82) is 0 Å². The molecule has 0 radical (unpaired) electrons. The number of hydrogen-bond acceptors (Lipinski definition) is 6. The molecule has 7 heteroatoms. The second-order valence-electron chi connectivity index (χ2n) is 5.58. The number of esters is 1. The third kappa shape index (κ3) is 3.46. The van der Waals surface area contributed by atoms with E-state index < -0.39 is 22.2 Å². The van der Waals surface area contributed by atoms with Crippen LogP contribution in [0.3, 0.4) is 0 Å². The minimum absolute atomic E-state index is 0.0903. The first-order valence-corrected chi connectivity index (χ1v) is 8.85. The summed E-state index contributed by atoms with van der Waals surface area (Å²) in [5.74, 6) is -0.456. The van der Waals surface area contributed by atoms with Crippen LogP contribution >= 0.6 is 0 Å². The molecule has 1 aliphatic carbocycles. The number of benzene rings is 1. The maximum atomic E-state index is 12.4. The molecule has 1 aromatic carbocycles. The molecule has 3 rings (SSSR count). The number of carbonyl (C=O) groups excluding carboxylic acids is 1. The van der Waals surface area contributed by atoms with E-state index in [1.165, 1.54) is 12.1 Å². The highest BCUT2D eigenvalue weighted by atomic mass is 32.2. The lowest BCUT2D eigenvalue weighted by atomic mass is 9.97. The van der Waals surface area contributed by atoms with Crippen molar-refractivity contribution in [3.05, 3.63) is 41.5 Å². The lowest BCUT2D eigenvalue weighted by molar-refractivity contribution is -0.139. The van der Waals surface area contributed by atoms with Gasteiger partial charge >= 0.3 is 5.97 Å². The first-order valence-electron chi connectivity index (χ1n) is 7.44. The van der Waals surface area contributed by atoms with Crippen molar-refractivity contribution in [3.8, 4) is 0 Å². The summed E-state index contributed by atoms with van der Waals surface area (Å²) in [5.41, 5.74) is 1.36. The summed E-state index contributed by atoms with van der Waals surface area (Å²) in [5, 5.41) is 0. The molecule has 6 nitrogen and oxygen atoms in total. The molecule has 23 heavy (non-hydrogen) atoms. The topological polar surface area (TPSA) is 82.2 Å². The molecule has 3 atom stereocenters. The Balaban J connectivity index is 1.74. The Labute approximate surface area is 135 Å². The van der Waals surface area contributed by atoms with Crippen molar-refractivity contribution in [2.24, 2.45) is 0 Å². The Kier molecular flexibility index (Phi) is 4.27. The van der Waals surface area contributed by atoms with Crippen LogP contribution in [0.15, 0.2) is 40.8 Å². The predicted octanol–water partition coefficient (Wildman–Crippen LogP) is 1.73. The van der Waals surface area contributed by atoms with Crippen LogP contribution < -0.4 is 0 Å². The quantitative estimate of drug-likeness (QED) is 0.462. The number of ether oxygens (including phenoxy) is 2. The van der Waals surface area contributed by atoms with Crippen molar-refractivity contribution < 1.29 is 26.9 Å². The minimum atomic E-state index is -3.90. The summed E-state index contributed by atoms with van der Waals surface area (Å²) in [4.78, 5) is 11.9. The van der Waals surface area contributed by atoms with E-state index >= 15 is 0 Å². The number of fused-ring (bicyclic) bond motifs is 1. The van der Waals surface area contributed by atoms with Crippen LogP contribution in [0.2, 0.25) is 0 Å². The van der Waals surface area contributed by atoms with Crippen molar-refractivity contribution >= 4 is 16.1 Å². The van der Waals surface area contributed by atoms with E-state index in [4.69, 9.17) is 13.7 Å². The van der Waals surface area contributed by atoms with E-state index in [9.17, 15) is 13.2 Å². The van der Waals surface area contributed by atoms with Gasteiger partial charge in [0.05, 0.1) is 11.5 Å². The van der Waals surface area contributed by atoms with E-state index in [0.29, 0.717) is 5.57 Å². The van der Waals surface area contributed by atoms with Crippen LogP contribution in [0.25, 0.3) is 0 Å². The summed E-state index contributed by atoms with van der Waals surface area (Å²) >= 11 is 0. The molecule has 1 fully saturated rings. The van der Waals surface area contributed by atoms with E-state index in [2.05, 4.69) is 0 Å². The highest BCUT2D eigenvalue weighted by Crippen LogP contribution is 2.38. The van der Waals surface area contributed by atoms with Gasteiger partial charge in [0.25, 0.3) is 10.1 Å². The Morgan fingerprint density at radius 1 is 1.30 bits per heavy atom. The third-order valence-corrected chi connectivity index (χ3v) is 5.16. The molecule has 0 N–H and O–H groups in total. The molecule has 1 saturated heterocycles. The van der Waals surface area contributed by atoms with Crippen LogP contribution in [0, 0.1) is 6.92 Å². The molecule has 1 aromatic rings. The molecule has 0 amide bonds. The Morgan fingerprint density at radius 2 is 2.00 bits per heavy atom. The second-order valence-corrected chi connectivity index (χ2v) is 7.16. The van der Waals surface area contributed by atoms with Gasteiger partial charge < -0.3 is 9.47 Å². The summed E-state index contributed by atoms with van der Waals surface area (Å²) in [7, 11) is -3.90. The first-order chi connectivity index (χ1) is 10.9. The number of carbonyl (C=O) groups is 1. The zero-order valence-corrected chi connectivity index (χ0v) is 13.7. The molecule has 124 valence electrons. The summed E-state index contributed by atoms with van der Waals surface area (Å²) in [6, 6.07) is 6.41. The largest absolute Gasteiger partial charge is 0.463 e. The van der Waals surface area contributed by atoms with E-state index in [1.54, 1.807) is 25.1 Å². The van der Waals surface area contributed by atoms with Crippen molar-refractivity contribution in [2.75, 3.05) is 6.61 Å². The average molecular weight is 338 g/mol. The maximum absolute atomic E-state index is 12.4. The van der Waals surface area contributed by atoms with Gasteiger partial charge in [-0.3, -0.25) is 4.18 Å². The van der Waals surface area contributed by atoms with Crippen LogP contribution in [0.1, 0.15) is 18.9 Å². The van der Waals surface area contributed by atoms with Crippen LogP contribution in [-0.4, -0.2) is 39.3 Å². The average Bonchev–Trinajstić information content (AvgIpc) is 3.27. The van der Waals surface area contributed by atoms with Gasteiger partial charge in [0.15, 0.2) is 0 Å². The van der Waals surface area contributed by atoms with Crippen molar-refractivity contribution in [3.63, 3.8) is 0 Å². The fourth-order valence-electron chi connectivity index (χ4n) is 2.56. The monoisotopic (exact) mass is 338 g/mol. The fraction of sp³-hybridized carbons (Fsp3) is 0.438.